The molecule has 0 aromatic heterocycles. The van der Waals surface area contributed by atoms with E-state index in [0.29, 0.717) is 13.0 Å². The molecule has 0 fully saturated rings. The molecule has 0 amide bonds. The van der Waals surface area contributed by atoms with Crippen molar-refractivity contribution in [3.63, 3.8) is 0 Å². The van der Waals surface area contributed by atoms with Crippen LogP contribution in [0.15, 0.2) is 11.5 Å². The van der Waals surface area contributed by atoms with Crippen LogP contribution in [-0.2, 0) is 9.53 Å². The Morgan fingerprint density at radius 3 is 2.67 bits per heavy atom. The molecule has 0 saturated heterocycles. The van der Waals surface area contributed by atoms with Crippen molar-refractivity contribution in [1.82, 2.24) is 0 Å². The van der Waals surface area contributed by atoms with E-state index in [1.54, 1.807) is 0 Å². The van der Waals surface area contributed by atoms with Crippen LogP contribution in [0.2, 0.25) is 0 Å². The van der Waals surface area contributed by atoms with Gasteiger partial charge in [0.25, 0.3) is 0 Å². The van der Waals surface area contributed by atoms with E-state index in [4.69, 9.17) is 9.84 Å². The molecule has 0 aromatic rings. The van der Waals surface area contributed by atoms with Gasteiger partial charge in [-0.2, -0.15) is 0 Å². The molecule has 0 spiro atoms. The van der Waals surface area contributed by atoms with Crippen LogP contribution < -0.4 is 0 Å². The maximum Gasteiger partial charge on any atom is 0.199 e. The van der Waals surface area contributed by atoms with Crippen molar-refractivity contribution in [3.05, 3.63) is 11.5 Å². The topological polar surface area (TPSA) is 46.5 Å². The first-order valence-corrected chi connectivity index (χ1v) is 2.77. The lowest BCUT2D eigenvalue weighted by atomic mass is 10.3. The number of aliphatic hydroxyl groups is 1. The zero-order valence-electron chi connectivity index (χ0n) is 5.18. The van der Waals surface area contributed by atoms with Crippen LogP contribution in [-0.4, -0.2) is 17.5 Å². The lowest BCUT2D eigenvalue weighted by Gasteiger charge is -1.94. The van der Waals surface area contributed by atoms with Crippen LogP contribution in [0.25, 0.3) is 0 Å². The summed E-state index contributed by atoms with van der Waals surface area (Å²) in [4.78, 5) is 10.5. The molecule has 0 unspecified atom stereocenters. The summed E-state index contributed by atoms with van der Waals surface area (Å²) >= 11 is 0. The standard InChI is InChI=1S/C6H8O3/c1-4(7)6-5(8)2-3-9-6/h8H,2-3H2,1H3. The van der Waals surface area contributed by atoms with Crippen LogP contribution in [0, 0.1) is 0 Å². The number of Topliss-reactive ketones (excluding diaryl/α,β-unsaturated/α-hetero) is 1. The summed E-state index contributed by atoms with van der Waals surface area (Å²) < 4.78 is 4.81. The Kier molecular flexibility index (Phi) is 1.42. The Morgan fingerprint density at radius 2 is 2.44 bits per heavy atom. The molecule has 1 aliphatic heterocycles. The molecule has 0 aliphatic carbocycles. The third kappa shape index (κ3) is 1.04. The van der Waals surface area contributed by atoms with E-state index in [2.05, 4.69) is 0 Å². The van der Waals surface area contributed by atoms with Crippen LogP contribution in [0.5, 0.6) is 0 Å². The Balaban J connectivity index is 2.78. The van der Waals surface area contributed by atoms with Gasteiger partial charge in [0, 0.05) is 13.3 Å². The smallest absolute Gasteiger partial charge is 0.199 e. The largest absolute Gasteiger partial charge is 0.508 e. The molecule has 0 radical (unpaired) electrons. The zero-order valence-corrected chi connectivity index (χ0v) is 5.18. The van der Waals surface area contributed by atoms with Crippen LogP contribution in [0.1, 0.15) is 13.3 Å². The number of ether oxygens (including phenoxy) is 1. The van der Waals surface area contributed by atoms with E-state index in [1.807, 2.05) is 0 Å². The van der Waals surface area contributed by atoms with Gasteiger partial charge < -0.3 is 9.84 Å². The van der Waals surface area contributed by atoms with E-state index in [-0.39, 0.29) is 17.3 Å². The third-order valence-corrected chi connectivity index (χ3v) is 1.17. The molecule has 9 heavy (non-hydrogen) atoms. The first-order valence-electron chi connectivity index (χ1n) is 2.77. The molecule has 50 valence electrons. The fraction of sp³-hybridized carbons (Fsp3) is 0.500. The maximum absolute atomic E-state index is 10.5. The van der Waals surface area contributed by atoms with Gasteiger partial charge in [-0.15, -0.1) is 0 Å². The van der Waals surface area contributed by atoms with Crippen LogP contribution in [0.4, 0.5) is 0 Å². The SMILES string of the molecule is CC(=O)C1=C(O)CCO1. The van der Waals surface area contributed by atoms with E-state index < -0.39 is 0 Å². The van der Waals surface area contributed by atoms with Gasteiger partial charge in [0.1, 0.15) is 5.76 Å². The van der Waals surface area contributed by atoms with Crippen molar-refractivity contribution >= 4 is 5.78 Å². The fourth-order valence-electron chi connectivity index (χ4n) is 0.751. The van der Waals surface area contributed by atoms with Gasteiger partial charge in [0.2, 0.25) is 0 Å². The van der Waals surface area contributed by atoms with E-state index in [9.17, 15) is 4.79 Å². The molecule has 1 aliphatic rings. The average molecular weight is 128 g/mol. The Bertz CT molecular complexity index is 169. The lowest BCUT2D eigenvalue weighted by molar-refractivity contribution is -0.116. The summed E-state index contributed by atoms with van der Waals surface area (Å²) in [6.45, 7) is 1.80. The second kappa shape index (κ2) is 2.09. The molecule has 0 aromatic carbocycles. The lowest BCUT2D eigenvalue weighted by Crippen LogP contribution is -1.97. The van der Waals surface area contributed by atoms with Crippen molar-refractivity contribution in [2.24, 2.45) is 0 Å². The number of hydrogen-bond donors (Lipinski definition) is 1. The highest BCUT2D eigenvalue weighted by molar-refractivity contribution is 5.91. The minimum absolute atomic E-state index is 0.0856. The van der Waals surface area contributed by atoms with Gasteiger partial charge in [-0.1, -0.05) is 0 Å². The monoisotopic (exact) mass is 128 g/mol. The number of carbonyl (C=O) groups excluding carboxylic acids is 1. The highest BCUT2D eigenvalue weighted by Crippen LogP contribution is 2.16. The summed E-state index contributed by atoms with van der Waals surface area (Å²) in [5.74, 6) is 0.0162. The molecule has 3 heteroatoms. The van der Waals surface area contributed by atoms with Crippen molar-refractivity contribution in [2.45, 2.75) is 13.3 Å². The number of aliphatic hydroxyl groups excluding tert-OH is 1. The molecule has 0 saturated carbocycles. The number of ketones is 1. The number of hydrogen-bond acceptors (Lipinski definition) is 3. The Morgan fingerprint density at radius 1 is 1.78 bits per heavy atom. The van der Waals surface area contributed by atoms with Gasteiger partial charge in [-0.05, 0) is 0 Å². The van der Waals surface area contributed by atoms with Crippen molar-refractivity contribution < 1.29 is 14.6 Å². The van der Waals surface area contributed by atoms with Crippen LogP contribution in [0.3, 0.4) is 0 Å². The minimum atomic E-state index is -0.204. The number of carbonyl (C=O) groups is 1. The van der Waals surface area contributed by atoms with Gasteiger partial charge >= 0.3 is 0 Å². The second-order valence-corrected chi connectivity index (χ2v) is 1.93. The quantitative estimate of drug-likeness (QED) is 0.567. The van der Waals surface area contributed by atoms with E-state index in [0.717, 1.165) is 0 Å². The molecule has 1 N–H and O–H groups in total. The van der Waals surface area contributed by atoms with Gasteiger partial charge in [-0.3, -0.25) is 4.79 Å². The molecule has 1 rings (SSSR count). The first kappa shape index (κ1) is 6.13. The van der Waals surface area contributed by atoms with Crippen molar-refractivity contribution in [2.75, 3.05) is 6.61 Å². The minimum Gasteiger partial charge on any atom is -0.508 e. The van der Waals surface area contributed by atoms with E-state index in [1.165, 1.54) is 6.92 Å². The van der Waals surface area contributed by atoms with Crippen LogP contribution >= 0.6 is 0 Å². The maximum atomic E-state index is 10.5. The highest BCUT2D eigenvalue weighted by atomic mass is 16.5. The Hall–Kier alpha value is -0.990. The highest BCUT2D eigenvalue weighted by Gasteiger charge is 2.18. The fourth-order valence-corrected chi connectivity index (χ4v) is 0.751. The normalized spacial score (nSPS) is 17.9. The number of allylic oxidation sites excluding steroid dienone is 1. The number of rotatable bonds is 1. The van der Waals surface area contributed by atoms with Gasteiger partial charge in [0.15, 0.2) is 11.5 Å². The summed E-state index contributed by atoms with van der Waals surface area (Å²) in [6, 6.07) is 0. The molecule has 0 atom stereocenters. The first-order chi connectivity index (χ1) is 4.22. The third-order valence-electron chi connectivity index (χ3n) is 1.17. The summed E-state index contributed by atoms with van der Waals surface area (Å²) in [7, 11) is 0. The zero-order chi connectivity index (χ0) is 6.85. The predicted molar refractivity (Wildman–Crippen MR) is 30.9 cm³/mol. The average Bonchev–Trinajstić information content (AvgIpc) is 2.13. The van der Waals surface area contributed by atoms with Crippen molar-refractivity contribution in [3.8, 4) is 0 Å². The summed E-state index contributed by atoms with van der Waals surface area (Å²) in [5.41, 5.74) is 0. The molecule has 1 heterocycles. The summed E-state index contributed by atoms with van der Waals surface area (Å²) in [6.07, 6.45) is 0.467. The van der Waals surface area contributed by atoms with Crippen molar-refractivity contribution in [1.29, 1.82) is 0 Å². The molecular formula is C6H8O3. The van der Waals surface area contributed by atoms with Gasteiger partial charge in [-0.25, -0.2) is 0 Å². The van der Waals surface area contributed by atoms with Gasteiger partial charge in [0.05, 0.1) is 6.61 Å². The molecular weight excluding hydrogens is 120 g/mol. The molecule has 3 nitrogen and oxygen atoms in total. The second-order valence-electron chi connectivity index (χ2n) is 1.93. The molecule has 0 bridgehead atoms. The Labute approximate surface area is 52.9 Å². The predicted octanol–water partition coefficient (Wildman–Crippen LogP) is 0.765. The summed E-state index contributed by atoms with van der Waals surface area (Å²) in [5, 5.41) is 8.89. The van der Waals surface area contributed by atoms with E-state index >= 15 is 0 Å².